The van der Waals surface area contributed by atoms with Crippen LogP contribution in [-0.2, 0) is 0 Å². The third-order valence-corrected chi connectivity index (χ3v) is 4.83. The molecule has 0 atom stereocenters. The second kappa shape index (κ2) is 20.9. The minimum atomic E-state index is 0. The molecular formula is C36H47N3. The Balaban J connectivity index is 0.00000145. The summed E-state index contributed by atoms with van der Waals surface area (Å²) in [5.41, 5.74) is 5.26. The number of hydrogen-bond donors (Lipinski definition) is 0. The summed E-state index contributed by atoms with van der Waals surface area (Å²) in [5, 5.41) is 0. The predicted molar refractivity (Wildman–Crippen MR) is 175 cm³/mol. The maximum absolute atomic E-state index is 4.78. The fourth-order valence-corrected chi connectivity index (χ4v) is 3.27. The maximum Gasteiger partial charge on any atom is 0.164 e. The van der Waals surface area contributed by atoms with E-state index in [1.165, 1.54) is 17.5 Å². The summed E-state index contributed by atoms with van der Waals surface area (Å²) in [5.74, 6) is 2.01. The van der Waals surface area contributed by atoms with Crippen molar-refractivity contribution in [3.05, 3.63) is 122 Å². The van der Waals surface area contributed by atoms with Crippen molar-refractivity contribution in [2.45, 2.75) is 62.3 Å². The normalized spacial score (nSPS) is 9.97. The van der Waals surface area contributed by atoms with E-state index in [0.29, 0.717) is 17.5 Å². The molecule has 0 aliphatic heterocycles. The Kier molecular flexibility index (Phi) is 18.7. The van der Waals surface area contributed by atoms with Gasteiger partial charge in [0.1, 0.15) is 0 Å². The summed E-state index contributed by atoms with van der Waals surface area (Å²) < 4.78 is 0. The molecule has 0 bridgehead atoms. The lowest BCUT2D eigenvalue weighted by Gasteiger charge is -2.09. The van der Waals surface area contributed by atoms with Gasteiger partial charge >= 0.3 is 0 Å². The fraction of sp³-hybridized carbons (Fsp3) is 0.250. The van der Waals surface area contributed by atoms with Crippen molar-refractivity contribution in [3.63, 3.8) is 0 Å². The SMILES string of the molecule is C.C/C=C\C(=C/C)c1nc(-c2ccccc2)nc(-c2ccc(-c3ccccc3)cc2)n1.C=CC.CC.CCC. The number of benzene rings is 3. The molecule has 0 N–H and O–H groups in total. The second-order valence-electron chi connectivity index (χ2n) is 7.98. The highest BCUT2D eigenvalue weighted by atomic mass is 15.0. The van der Waals surface area contributed by atoms with E-state index < -0.39 is 0 Å². The Morgan fingerprint density at radius 1 is 0.641 bits per heavy atom. The minimum Gasteiger partial charge on any atom is -0.208 e. The lowest BCUT2D eigenvalue weighted by molar-refractivity contribution is 1.04. The van der Waals surface area contributed by atoms with E-state index in [-0.39, 0.29) is 7.43 Å². The maximum atomic E-state index is 4.78. The molecule has 4 aromatic rings. The molecule has 206 valence electrons. The van der Waals surface area contributed by atoms with Gasteiger partial charge < -0.3 is 0 Å². The Hall–Kier alpha value is -4.11. The Labute approximate surface area is 238 Å². The van der Waals surface area contributed by atoms with Crippen molar-refractivity contribution >= 4 is 5.57 Å². The van der Waals surface area contributed by atoms with Crippen LogP contribution >= 0.6 is 0 Å². The minimum absolute atomic E-state index is 0. The summed E-state index contributed by atoms with van der Waals surface area (Å²) in [6, 6.07) is 28.7. The van der Waals surface area contributed by atoms with Gasteiger partial charge in [-0.05, 0) is 31.9 Å². The van der Waals surface area contributed by atoms with Crippen LogP contribution in [0.25, 0.3) is 39.5 Å². The van der Waals surface area contributed by atoms with Gasteiger partial charge in [-0.15, -0.1) is 6.58 Å². The van der Waals surface area contributed by atoms with Crippen molar-refractivity contribution in [1.82, 2.24) is 15.0 Å². The topological polar surface area (TPSA) is 38.7 Å². The van der Waals surface area contributed by atoms with Crippen LogP contribution in [-0.4, -0.2) is 15.0 Å². The molecule has 1 aromatic heterocycles. The summed E-state index contributed by atoms with van der Waals surface area (Å²) in [4.78, 5) is 14.3. The van der Waals surface area contributed by atoms with E-state index in [1.807, 2.05) is 101 Å². The predicted octanol–water partition coefficient (Wildman–Crippen LogP) is 11.1. The third-order valence-electron chi connectivity index (χ3n) is 4.83. The average Bonchev–Trinajstić information content (AvgIpc) is 2.98. The lowest BCUT2D eigenvalue weighted by Crippen LogP contribution is -2.02. The van der Waals surface area contributed by atoms with Gasteiger partial charge in [0.2, 0.25) is 0 Å². The van der Waals surface area contributed by atoms with Gasteiger partial charge in [-0.2, -0.15) is 0 Å². The van der Waals surface area contributed by atoms with Crippen LogP contribution in [0.3, 0.4) is 0 Å². The summed E-state index contributed by atoms with van der Waals surface area (Å²) in [7, 11) is 0. The Morgan fingerprint density at radius 2 is 1.00 bits per heavy atom. The molecule has 0 saturated carbocycles. The third kappa shape index (κ3) is 11.4. The molecule has 3 nitrogen and oxygen atoms in total. The van der Waals surface area contributed by atoms with Crippen LogP contribution < -0.4 is 0 Å². The quantitative estimate of drug-likeness (QED) is 0.194. The molecule has 3 aromatic carbocycles. The zero-order valence-electron chi connectivity index (χ0n) is 24.1. The second-order valence-corrected chi connectivity index (χ2v) is 7.98. The van der Waals surface area contributed by atoms with Crippen molar-refractivity contribution in [3.8, 4) is 33.9 Å². The zero-order valence-corrected chi connectivity index (χ0v) is 24.1. The molecule has 0 spiro atoms. The highest BCUT2D eigenvalue weighted by Gasteiger charge is 2.12. The van der Waals surface area contributed by atoms with Crippen LogP contribution in [0.5, 0.6) is 0 Å². The van der Waals surface area contributed by atoms with Crippen LogP contribution in [0.2, 0.25) is 0 Å². The smallest absolute Gasteiger partial charge is 0.164 e. The Morgan fingerprint density at radius 3 is 1.41 bits per heavy atom. The van der Waals surface area contributed by atoms with E-state index in [2.05, 4.69) is 56.8 Å². The largest absolute Gasteiger partial charge is 0.208 e. The van der Waals surface area contributed by atoms with Crippen LogP contribution in [0, 0.1) is 0 Å². The number of nitrogens with zero attached hydrogens (tertiary/aromatic N) is 3. The van der Waals surface area contributed by atoms with Gasteiger partial charge in [0.15, 0.2) is 17.5 Å². The van der Waals surface area contributed by atoms with Crippen molar-refractivity contribution < 1.29 is 0 Å². The number of rotatable bonds is 5. The number of hydrogen-bond acceptors (Lipinski definition) is 3. The van der Waals surface area contributed by atoms with E-state index in [0.717, 1.165) is 16.7 Å². The molecule has 3 heteroatoms. The van der Waals surface area contributed by atoms with E-state index in [1.54, 1.807) is 6.08 Å². The molecule has 0 aliphatic rings. The first-order valence-corrected chi connectivity index (χ1v) is 13.4. The van der Waals surface area contributed by atoms with Crippen LogP contribution in [0.4, 0.5) is 0 Å². The highest BCUT2D eigenvalue weighted by molar-refractivity contribution is 5.73. The molecule has 0 fully saturated rings. The summed E-state index contributed by atoms with van der Waals surface area (Å²) in [6.45, 7) is 17.5. The summed E-state index contributed by atoms with van der Waals surface area (Å²) >= 11 is 0. The van der Waals surface area contributed by atoms with Crippen LogP contribution in [0.15, 0.2) is 116 Å². The van der Waals surface area contributed by atoms with Gasteiger partial charge in [0.25, 0.3) is 0 Å². The van der Waals surface area contributed by atoms with Crippen molar-refractivity contribution in [2.24, 2.45) is 0 Å². The van der Waals surface area contributed by atoms with Gasteiger partial charge in [-0.25, -0.2) is 15.0 Å². The number of allylic oxidation sites excluding steroid dienone is 5. The molecule has 0 unspecified atom stereocenters. The first-order chi connectivity index (χ1) is 18.6. The molecule has 1 heterocycles. The molecule has 39 heavy (non-hydrogen) atoms. The van der Waals surface area contributed by atoms with Gasteiger partial charge in [-0.1, -0.05) is 151 Å². The van der Waals surface area contributed by atoms with E-state index in [4.69, 9.17) is 15.0 Å². The van der Waals surface area contributed by atoms with Crippen molar-refractivity contribution in [1.29, 1.82) is 0 Å². The first-order valence-electron chi connectivity index (χ1n) is 13.4. The highest BCUT2D eigenvalue weighted by Crippen LogP contribution is 2.26. The van der Waals surface area contributed by atoms with E-state index >= 15 is 0 Å². The average molecular weight is 522 g/mol. The number of aromatic nitrogens is 3. The van der Waals surface area contributed by atoms with Gasteiger partial charge in [0, 0.05) is 16.7 Å². The monoisotopic (exact) mass is 521 g/mol. The van der Waals surface area contributed by atoms with E-state index in [9.17, 15) is 0 Å². The molecule has 0 aliphatic carbocycles. The molecule has 4 rings (SSSR count). The molecular weight excluding hydrogens is 474 g/mol. The first kappa shape index (κ1) is 34.9. The fourth-order valence-electron chi connectivity index (χ4n) is 3.27. The summed E-state index contributed by atoms with van der Waals surface area (Å²) in [6.07, 6.45) is 9.04. The van der Waals surface area contributed by atoms with Gasteiger partial charge in [0.05, 0.1) is 0 Å². The molecule has 0 saturated heterocycles. The lowest BCUT2D eigenvalue weighted by atomic mass is 10.0. The van der Waals surface area contributed by atoms with Gasteiger partial charge in [-0.3, -0.25) is 0 Å². The van der Waals surface area contributed by atoms with Crippen LogP contribution in [0.1, 0.15) is 68.1 Å². The molecule has 0 radical (unpaired) electrons. The standard InChI is InChI=1S/C27H23N3.C3H8.C3H6.C2H6.CH4/c1-3-11-20(4-2)25-28-26(23-14-9-6-10-15-23)30-27(29-25)24-18-16-22(17-19-24)21-12-7-5-8-13-21;2*1-3-2;1-2;/h3-19H,1-2H3;3H2,1-2H3;3H,1H2,2H3;1-2H3;1H4/b11-3-,20-4+;;;;. The van der Waals surface area contributed by atoms with Crippen molar-refractivity contribution in [2.75, 3.05) is 0 Å². The Bertz CT molecular complexity index is 1240. The zero-order chi connectivity index (χ0) is 28.2. The molecule has 0 amide bonds.